The summed E-state index contributed by atoms with van der Waals surface area (Å²) in [5.74, 6) is 0.266. The van der Waals surface area contributed by atoms with Gasteiger partial charge in [-0.1, -0.05) is 0 Å². The monoisotopic (exact) mass is 319 g/mol. The molecular formula is C12H21N3O5S. The van der Waals surface area contributed by atoms with E-state index in [0.29, 0.717) is 18.9 Å². The van der Waals surface area contributed by atoms with Crippen LogP contribution in [0.5, 0.6) is 0 Å². The van der Waals surface area contributed by atoms with Gasteiger partial charge in [0.15, 0.2) is 0 Å². The summed E-state index contributed by atoms with van der Waals surface area (Å²) in [5, 5.41) is 5.49. The second-order valence-corrected chi connectivity index (χ2v) is 6.13. The van der Waals surface area contributed by atoms with Crippen LogP contribution in [0.1, 0.15) is 12.7 Å². The molecule has 0 fully saturated rings. The number of furan rings is 1. The van der Waals surface area contributed by atoms with Crippen molar-refractivity contribution in [3.8, 4) is 0 Å². The van der Waals surface area contributed by atoms with E-state index in [0.717, 1.165) is 0 Å². The molecule has 120 valence electrons. The molecule has 0 aliphatic carbocycles. The number of carbonyl (C=O) groups is 1. The van der Waals surface area contributed by atoms with Crippen molar-refractivity contribution in [3.05, 3.63) is 17.9 Å². The Hall–Kier alpha value is -1.42. The molecule has 9 heteroatoms. The van der Waals surface area contributed by atoms with E-state index in [-0.39, 0.29) is 17.5 Å². The lowest BCUT2D eigenvalue weighted by molar-refractivity contribution is -0.123. The number of ether oxygens (including phenoxy) is 1. The van der Waals surface area contributed by atoms with Crippen molar-refractivity contribution in [2.24, 2.45) is 0 Å². The lowest BCUT2D eigenvalue weighted by Crippen LogP contribution is -2.42. The van der Waals surface area contributed by atoms with Crippen molar-refractivity contribution in [1.29, 1.82) is 0 Å². The third kappa shape index (κ3) is 5.46. The average molecular weight is 319 g/mol. The second kappa shape index (κ2) is 8.13. The Balaban J connectivity index is 2.47. The molecule has 1 rings (SSSR count). The predicted molar refractivity (Wildman–Crippen MR) is 76.1 cm³/mol. The molecule has 1 atom stereocenters. The molecule has 1 aromatic heterocycles. The molecule has 1 amide bonds. The fourth-order valence-corrected chi connectivity index (χ4v) is 2.14. The Morgan fingerprint density at radius 1 is 1.43 bits per heavy atom. The minimum Gasteiger partial charge on any atom is -0.447 e. The van der Waals surface area contributed by atoms with E-state index in [2.05, 4.69) is 15.4 Å². The summed E-state index contributed by atoms with van der Waals surface area (Å²) in [4.78, 5) is 11.7. The number of methoxy groups -OCH3 is 1. The van der Waals surface area contributed by atoms with Crippen LogP contribution in [0.15, 0.2) is 21.6 Å². The highest BCUT2D eigenvalue weighted by Gasteiger charge is 2.17. The molecule has 1 aromatic rings. The van der Waals surface area contributed by atoms with Gasteiger partial charge in [-0.2, -0.15) is 0 Å². The van der Waals surface area contributed by atoms with Crippen LogP contribution in [0.4, 0.5) is 0 Å². The summed E-state index contributed by atoms with van der Waals surface area (Å²) < 4.78 is 35.2. The first kappa shape index (κ1) is 17.6. The maximum atomic E-state index is 11.7. The number of carbonyl (C=O) groups excluding carboxylic acids is 1. The van der Waals surface area contributed by atoms with Crippen molar-refractivity contribution in [3.63, 3.8) is 0 Å². The third-order valence-corrected chi connectivity index (χ3v) is 4.04. The van der Waals surface area contributed by atoms with Crippen molar-refractivity contribution in [2.75, 3.05) is 27.3 Å². The molecule has 0 saturated heterocycles. The first-order chi connectivity index (χ1) is 9.90. The molecule has 1 unspecified atom stereocenters. The van der Waals surface area contributed by atoms with Gasteiger partial charge in [0, 0.05) is 13.7 Å². The number of rotatable bonds is 9. The third-order valence-electron chi connectivity index (χ3n) is 2.75. The number of hydrogen-bond donors (Lipinski definition) is 3. The Morgan fingerprint density at radius 2 is 2.14 bits per heavy atom. The number of amides is 1. The zero-order valence-electron chi connectivity index (χ0n) is 12.3. The van der Waals surface area contributed by atoms with Gasteiger partial charge in [0.1, 0.15) is 5.76 Å². The normalized spacial score (nSPS) is 13.1. The highest BCUT2D eigenvalue weighted by molar-refractivity contribution is 7.89. The molecule has 0 saturated carbocycles. The van der Waals surface area contributed by atoms with Crippen LogP contribution in [0.3, 0.4) is 0 Å². The summed E-state index contributed by atoms with van der Waals surface area (Å²) in [6.45, 7) is 2.84. The largest absolute Gasteiger partial charge is 0.447 e. The van der Waals surface area contributed by atoms with Crippen LogP contribution in [0.2, 0.25) is 0 Å². The Bertz CT molecular complexity index is 555. The summed E-state index contributed by atoms with van der Waals surface area (Å²) >= 11 is 0. The Labute approximate surface area is 124 Å². The molecule has 0 aliphatic heterocycles. The maximum Gasteiger partial charge on any atom is 0.273 e. The van der Waals surface area contributed by atoms with Crippen LogP contribution < -0.4 is 15.4 Å². The zero-order chi connectivity index (χ0) is 15.9. The van der Waals surface area contributed by atoms with Gasteiger partial charge in [0.25, 0.3) is 10.0 Å². The molecule has 8 nitrogen and oxygen atoms in total. The van der Waals surface area contributed by atoms with Gasteiger partial charge >= 0.3 is 0 Å². The van der Waals surface area contributed by atoms with Crippen LogP contribution in [-0.4, -0.2) is 47.7 Å². The van der Waals surface area contributed by atoms with Gasteiger partial charge in [-0.05, 0) is 26.1 Å². The van der Waals surface area contributed by atoms with E-state index in [9.17, 15) is 13.2 Å². The molecule has 0 radical (unpaired) electrons. The minimum atomic E-state index is -3.58. The maximum absolute atomic E-state index is 11.7. The predicted octanol–water partition coefficient (Wildman–Crippen LogP) is -0.572. The molecule has 1 heterocycles. The molecule has 3 N–H and O–H groups in total. The van der Waals surface area contributed by atoms with Crippen molar-refractivity contribution >= 4 is 15.9 Å². The number of hydrogen-bond acceptors (Lipinski definition) is 6. The number of sulfonamides is 1. The Morgan fingerprint density at radius 3 is 2.76 bits per heavy atom. The molecule has 21 heavy (non-hydrogen) atoms. The van der Waals surface area contributed by atoms with Gasteiger partial charge in [0.05, 0.1) is 19.2 Å². The minimum absolute atomic E-state index is 0.154. The van der Waals surface area contributed by atoms with Crippen LogP contribution in [0, 0.1) is 0 Å². The lowest BCUT2D eigenvalue weighted by Gasteiger charge is -2.12. The van der Waals surface area contributed by atoms with Crippen LogP contribution >= 0.6 is 0 Å². The van der Waals surface area contributed by atoms with Gasteiger partial charge < -0.3 is 14.5 Å². The average Bonchev–Trinajstić information content (AvgIpc) is 2.94. The first-order valence-corrected chi connectivity index (χ1v) is 7.91. The van der Waals surface area contributed by atoms with Gasteiger partial charge in [-0.3, -0.25) is 10.1 Å². The van der Waals surface area contributed by atoms with Crippen molar-refractivity contribution in [2.45, 2.75) is 24.6 Å². The second-order valence-electron chi connectivity index (χ2n) is 4.31. The SMILES string of the molecule is CNS(=O)(=O)c1ccc(CNC(C)C(=O)NCCOC)o1. The van der Waals surface area contributed by atoms with Crippen LogP contribution in [-0.2, 0) is 26.1 Å². The van der Waals surface area contributed by atoms with E-state index in [4.69, 9.17) is 9.15 Å². The quantitative estimate of drug-likeness (QED) is 0.526. The van der Waals surface area contributed by atoms with Gasteiger partial charge in [-0.15, -0.1) is 0 Å². The highest BCUT2D eigenvalue weighted by Crippen LogP contribution is 2.13. The highest BCUT2D eigenvalue weighted by atomic mass is 32.2. The standard InChI is InChI=1S/C12H21N3O5S/c1-9(12(16)14-6-7-19-3)15-8-10-4-5-11(20-10)21(17,18)13-2/h4-5,9,13,15H,6-8H2,1-3H3,(H,14,16). The van der Waals surface area contributed by atoms with Crippen LogP contribution in [0.25, 0.3) is 0 Å². The summed E-state index contributed by atoms with van der Waals surface area (Å²) in [6.07, 6.45) is 0. The van der Waals surface area contributed by atoms with E-state index in [1.807, 2.05) is 0 Å². The van der Waals surface area contributed by atoms with Gasteiger partial charge in [0.2, 0.25) is 11.0 Å². The number of nitrogens with one attached hydrogen (secondary N) is 3. The molecule has 0 aliphatic rings. The van der Waals surface area contributed by atoms with E-state index >= 15 is 0 Å². The summed E-state index contributed by atoms with van der Waals surface area (Å²) in [6, 6.07) is 2.48. The Kier molecular flexibility index (Phi) is 6.82. The van der Waals surface area contributed by atoms with E-state index in [1.54, 1.807) is 20.1 Å². The molecule has 0 bridgehead atoms. The summed E-state index contributed by atoms with van der Waals surface area (Å²) in [7, 11) is -0.720. The van der Waals surface area contributed by atoms with E-state index < -0.39 is 16.1 Å². The fourth-order valence-electron chi connectivity index (χ4n) is 1.47. The smallest absolute Gasteiger partial charge is 0.273 e. The molecular weight excluding hydrogens is 298 g/mol. The summed E-state index contributed by atoms with van der Waals surface area (Å²) in [5.41, 5.74) is 0. The van der Waals surface area contributed by atoms with Crippen molar-refractivity contribution < 1.29 is 22.4 Å². The van der Waals surface area contributed by atoms with Crippen molar-refractivity contribution in [1.82, 2.24) is 15.4 Å². The molecule has 0 spiro atoms. The molecule has 0 aromatic carbocycles. The fraction of sp³-hybridized carbons (Fsp3) is 0.583. The lowest BCUT2D eigenvalue weighted by atomic mass is 10.3. The topological polar surface area (TPSA) is 110 Å². The van der Waals surface area contributed by atoms with E-state index in [1.165, 1.54) is 13.1 Å². The van der Waals surface area contributed by atoms with Gasteiger partial charge in [-0.25, -0.2) is 13.1 Å². The zero-order valence-corrected chi connectivity index (χ0v) is 13.1. The first-order valence-electron chi connectivity index (χ1n) is 6.43.